The molecule has 0 aliphatic rings. The molecule has 4 aromatic rings. The minimum atomic E-state index is 0.556. The molecule has 4 nitrogen and oxygen atoms in total. The van der Waals surface area contributed by atoms with Gasteiger partial charge in [-0.15, -0.1) is 11.3 Å². The molecule has 2 aromatic heterocycles. The lowest BCUT2D eigenvalue weighted by Gasteiger charge is -2.01. The summed E-state index contributed by atoms with van der Waals surface area (Å²) < 4.78 is 2.38. The lowest BCUT2D eigenvalue weighted by atomic mass is 10.0. The highest BCUT2D eigenvalue weighted by atomic mass is 32.1. The molecule has 2 N–H and O–H groups in total. The van der Waals surface area contributed by atoms with E-state index in [1.54, 1.807) is 29.7 Å². The van der Waals surface area contributed by atoms with Crippen molar-refractivity contribution in [1.82, 2.24) is 4.98 Å². The Hall–Kier alpha value is -3.93. The molecule has 0 amide bonds. The summed E-state index contributed by atoms with van der Waals surface area (Å²) in [4.78, 5) is 4.40. The van der Waals surface area contributed by atoms with Gasteiger partial charge >= 0.3 is 0 Å². The van der Waals surface area contributed by atoms with Crippen molar-refractivity contribution in [2.75, 3.05) is 0 Å². The lowest BCUT2D eigenvalue weighted by molar-refractivity contribution is 1.27. The fraction of sp³-hybridized carbons (Fsp3) is 0.0417. The molecule has 2 aromatic carbocycles. The van der Waals surface area contributed by atoms with Crippen molar-refractivity contribution in [1.29, 1.82) is 10.5 Å². The second kappa shape index (κ2) is 7.98. The number of fused-ring (bicyclic) bond motifs is 3. The minimum Gasteiger partial charge on any atom is -0.405 e. The van der Waals surface area contributed by atoms with Gasteiger partial charge in [-0.2, -0.15) is 10.5 Å². The average molecular weight is 392 g/mol. The molecule has 0 fully saturated rings. The molecule has 0 spiro atoms. The summed E-state index contributed by atoms with van der Waals surface area (Å²) in [5.74, 6) is 0. The SMILES string of the molecule is N#CC(/C=C\N)=C/Cc1ccc2c(c1)sc1cc(-c3cc(C#N)ccn3)ccc12. The van der Waals surface area contributed by atoms with Crippen LogP contribution in [-0.4, -0.2) is 4.98 Å². The van der Waals surface area contributed by atoms with Gasteiger partial charge in [0.25, 0.3) is 0 Å². The third-order valence-corrected chi connectivity index (χ3v) is 5.80. The van der Waals surface area contributed by atoms with Crippen molar-refractivity contribution >= 4 is 31.5 Å². The van der Waals surface area contributed by atoms with Crippen molar-refractivity contribution in [2.24, 2.45) is 5.73 Å². The molecule has 0 saturated carbocycles. The van der Waals surface area contributed by atoms with Gasteiger partial charge < -0.3 is 5.73 Å². The summed E-state index contributed by atoms with van der Waals surface area (Å²) in [7, 11) is 0. The smallest absolute Gasteiger partial charge is 0.0992 e. The first kappa shape index (κ1) is 18.4. The Kier molecular flexibility index (Phi) is 5.07. The van der Waals surface area contributed by atoms with Crippen molar-refractivity contribution in [3.05, 3.63) is 89.8 Å². The second-order valence-electron chi connectivity index (χ2n) is 6.52. The van der Waals surface area contributed by atoms with Gasteiger partial charge in [0.2, 0.25) is 0 Å². The summed E-state index contributed by atoms with van der Waals surface area (Å²) in [5, 5.41) is 20.6. The van der Waals surface area contributed by atoms with Gasteiger partial charge in [0.15, 0.2) is 0 Å². The van der Waals surface area contributed by atoms with Crippen LogP contribution in [0.5, 0.6) is 0 Å². The van der Waals surface area contributed by atoms with Crippen LogP contribution in [-0.2, 0) is 6.42 Å². The number of nitriles is 2. The molecule has 138 valence electrons. The molecular formula is C24H16N4S. The third kappa shape index (κ3) is 3.73. The van der Waals surface area contributed by atoms with E-state index in [2.05, 4.69) is 47.5 Å². The van der Waals surface area contributed by atoms with E-state index in [9.17, 15) is 0 Å². The maximum Gasteiger partial charge on any atom is 0.0992 e. The molecule has 0 saturated heterocycles. The zero-order valence-electron chi connectivity index (χ0n) is 15.5. The number of hydrogen-bond acceptors (Lipinski definition) is 5. The highest BCUT2D eigenvalue weighted by molar-refractivity contribution is 7.25. The lowest BCUT2D eigenvalue weighted by Crippen LogP contribution is -1.84. The fourth-order valence-corrected chi connectivity index (χ4v) is 4.46. The number of aromatic nitrogens is 1. The van der Waals surface area contributed by atoms with Crippen molar-refractivity contribution in [2.45, 2.75) is 6.42 Å². The van der Waals surface area contributed by atoms with E-state index in [1.807, 2.05) is 18.2 Å². The van der Waals surface area contributed by atoms with E-state index in [0.29, 0.717) is 17.6 Å². The van der Waals surface area contributed by atoms with Gasteiger partial charge in [-0.25, -0.2) is 0 Å². The summed E-state index contributed by atoms with van der Waals surface area (Å²) in [6.07, 6.45) is 7.20. The van der Waals surface area contributed by atoms with Gasteiger partial charge in [-0.1, -0.05) is 30.3 Å². The molecule has 0 aliphatic heterocycles. The quantitative estimate of drug-likeness (QED) is 0.369. The normalized spacial score (nSPS) is 11.7. The summed E-state index contributed by atoms with van der Waals surface area (Å²) in [6.45, 7) is 0. The number of allylic oxidation sites excluding steroid dienone is 3. The van der Waals surface area contributed by atoms with Crippen LogP contribution in [0, 0.1) is 22.7 Å². The van der Waals surface area contributed by atoms with Crippen LogP contribution >= 0.6 is 11.3 Å². The van der Waals surface area contributed by atoms with Crippen molar-refractivity contribution in [3.8, 4) is 23.4 Å². The first-order valence-corrected chi connectivity index (χ1v) is 9.84. The molecular weight excluding hydrogens is 376 g/mol. The van der Waals surface area contributed by atoms with E-state index in [4.69, 9.17) is 16.3 Å². The topological polar surface area (TPSA) is 86.5 Å². The second-order valence-corrected chi connectivity index (χ2v) is 7.60. The molecule has 0 bridgehead atoms. The van der Waals surface area contributed by atoms with Crippen LogP contribution in [0.3, 0.4) is 0 Å². The van der Waals surface area contributed by atoms with Crippen LogP contribution in [0.4, 0.5) is 0 Å². The predicted octanol–water partition coefficient (Wildman–Crippen LogP) is 5.45. The molecule has 2 heterocycles. The number of nitrogens with zero attached hydrogens (tertiary/aromatic N) is 3. The maximum absolute atomic E-state index is 9.12. The minimum absolute atomic E-state index is 0.556. The van der Waals surface area contributed by atoms with Crippen LogP contribution in [0.2, 0.25) is 0 Å². The molecule has 0 unspecified atom stereocenters. The maximum atomic E-state index is 9.12. The number of pyridine rings is 1. The molecule has 0 aliphatic carbocycles. The molecule has 5 heteroatoms. The van der Waals surface area contributed by atoms with Crippen molar-refractivity contribution < 1.29 is 0 Å². The Morgan fingerprint density at radius 3 is 2.59 bits per heavy atom. The van der Waals surface area contributed by atoms with E-state index in [0.717, 1.165) is 16.8 Å². The predicted molar refractivity (Wildman–Crippen MR) is 118 cm³/mol. The highest BCUT2D eigenvalue weighted by Gasteiger charge is 2.08. The Balaban J connectivity index is 1.72. The van der Waals surface area contributed by atoms with Crippen molar-refractivity contribution in [3.63, 3.8) is 0 Å². The van der Waals surface area contributed by atoms with Gasteiger partial charge in [0.05, 0.1) is 23.4 Å². The average Bonchev–Trinajstić information content (AvgIpc) is 3.13. The number of benzene rings is 2. The summed E-state index contributed by atoms with van der Waals surface area (Å²) in [5.41, 5.74) is 9.47. The fourth-order valence-electron chi connectivity index (χ4n) is 3.25. The molecule has 4 rings (SSSR count). The molecule has 0 radical (unpaired) electrons. The first-order chi connectivity index (χ1) is 14.2. The van der Waals surface area contributed by atoms with Gasteiger partial charge in [0, 0.05) is 37.5 Å². The number of thiophene rings is 1. The van der Waals surface area contributed by atoms with Crippen LogP contribution in [0.25, 0.3) is 31.4 Å². The van der Waals surface area contributed by atoms with E-state index in [1.165, 1.54) is 26.4 Å². The number of rotatable bonds is 4. The standard InChI is InChI=1S/C24H16N4S/c25-9-7-17(14-26)2-1-16-3-5-20-21-6-4-19(13-24(21)29-23(20)12-16)22-11-18(15-27)8-10-28-22/h2-13H,1,25H2/b9-7-,17-2+. The number of nitrogens with two attached hydrogens (primary N) is 1. The van der Waals surface area contributed by atoms with Gasteiger partial charge in [-0.3, -0.25) is 4.98 Å². The van der Waals surface area contributed by atoms with Crippen LogP contribution in [0.1, 0.15) is 11.1 Å². The Morgan fingerprint density at radius 2 is 1.83 bits per heavy atom. The highest BCUT2D eigenvalue weighted by Crippen LogP contribution is 2.36. The largest absolute Gasteiger partial charge is 0.405 e. The first-order valence-electron chi connectivity index (χ1n) is 9.02. The molecule has 0 atom stereocenters. The zero-order valence-corrected chi connectivity index (χ0v) is 16.3. The van der Waals surface area contributed by atoms with E-state index in [-0.39, 0.29) is 0 Å². The monoisotopic (exact) mass is 392 g/mol. The van der Waals surface area contributed by atoms with E-state index < -0.39 is 0 Å². The Labute approximate surface area is 172 Å². The van der Waals surface area contributed by atoms with Gasteiger partial charge in [0.1, 0.15) is 0 Å². The van der Waals surface area contributed by atoms with Crippen LogP contribution in [0.15, 0.2) is 78.7 Å². The summed E-state index contributed by atoms with van der Waals surface area (Å²) in [6, 6.07) is 20.5. The molecule has 29 heavy (non-hydrogen) atoms. The number of hydrogen-bond donors (Lipinski definition) is 1. The Bertz CT molecular complexity index is 1360. The van der Waals surface area contributed by atoms with Gasteiger partial charge in [-0.05, 0) is 48.5 Å². The zero-order chi connectivity index (χ0) is 20.2. The van der Waals surface area contributed by atoms with Crippen LogP contribution < -0.4 is 5.73 Å². The third-order valence-electron chi connectivity index (χ3n) is 4.69. The summed E-state index contributed by atoms with van der Waals surface area (Å²) >= 11 is 1.73. The van der Waals surface area contributed by atoms with E-state index >= 15 is 0 Å². The Morgan fingerprint density at radius 1 is 1.03 bits per heavy atom.